The lowest BCUT2D eigenvalue weighted by Crippen LogP contribution is -2.26. The Morgan fingerprint density at radius 1 is 1.24 bits per heavy atom. The molecule has 0 saturated heterocycles. The number of benzene rings is 2. The van der Waals surface area contributed by atoms with Gasteiger partial charge in [-0.15, -0.1) is 0 Å². The summed E-state index contributed by atoms with van der Waals surface area (Å²) in [4.78, 5) is 0.0245. The summed E-state index contributed by atoms with van der Waals surface area (Å²) in [6.45, 7) is 0.221. The van der Waals surface area contributed by atoms with Crippen molar-refractivity contribution in [2.45, 2.75) is 11.4 Å². The molecule has 0 spiro atoms. The van der Waals surface area contributed by atoms with E-state index in [2.05, 4.69) is 0 Å². The Kier molecular flexibility index (Phi) is 4.51. The molecule has 0 radical (unpaired) electrons. The van der Waals surface area contributed by atoms with Gasteiger partial charge >= 0.3 is 0 Å². The zero-order chi connectivity index (χ0) is 15.6. The minimum absolute atomic E-state index is 0.0245. The van der Waals surface area contributed by atoms with E-state index in [0.29, 0.717) is 5.56 Å². The minimum Gasteiger partial charge on any atom is -0.326 e. The van der Waals surface area contributed by atoms with Gasteiger partial charge in [-0.05, 0) is 35.9 Å². The van der Waals surface area contributed by atoms with Crippen LogP contribution in [0.25, 0.3) is 0 Å². The van der Waals surface area contributed by atoms with Crippen molar-refractivity contribution in [1.29, 1.82) is 0 Å². The van der Waals surface area contributed by atoms with E-state index in [9.17, 15) is 12.8 Å². The maximum absolute atomic E-state index is 13.2. The molecule has 112 valence electrons. The van der Waals surface area contributed by atoms with Crippen LogP contribution in [0.4, 0.5) is 10.1 Å². The second-order valence-electron chi connectivity index (χ2n) is 4.41. The van der Waals surface area contributed by atoms with Gasteiger partial charge in [0.25, 0.3) is 10.0 Å². The van der Waals surface area contributed by atoms with Crippen LogP contribution in [0.3, 0.4) is 0 Å². The predicted molar refractivity (Wildman–Crippen MR) is 81.3 cm³/mol. The van der Waals surface area contributed by atoms with Gasteiger partial charge < -0.3 is 5.73 Å². The van der Waals surface area contributed by atoms with Gasteiger partial charge in [0.15, 0.2) is 0 Å². The fourth-order valence-electron chi connectivity index (χ4n) is 1.82. The van der Waals surface area contributed by atoms with E-state index >= 15 is 0 Å². The molecule has 0 heterocycles. The largest absolute Gasteiger partial charge is 0.326 e. The molecule has 2 aromatic rings. The van der Waals surface area contributed by atoms with Crippen molar-refractivity contribution < 1.29 is 12.8 Å². The third-order valence-electron chi connectivity index (χ3n) is 3.07. The number of anilines is 1. The van der Waals surface area contributed by atoms with Crippen LogP contribution in [0, 0.1) is 5.82 Å². The van der Waals surface area contributed by atoms with Crippen LogP contribution < -0.4 is 10.0 Å². The zero-order valence-electron chi connectivity index (χ0n) is 11.3. The van der Waals surface area contributed by atoms with E-state index in [-0.39, 0.29) is 22.2 Å². The molecule has 21 heavy (non-hydrogen) atoms. The van der Waals surface area contributed by atoms with Gasteiger partial charge in [0.1, 0.15) is 5.82 Å². The first-order valence-electron chi connectivity index (χ1n) is 6.09. The smallest absolute Gasteiger partial charge is 0.264 e. The predicted octanol–water partition coefficient (Wildman–Crippen LogP) is 2.76. The van der Waals surface area contributed by atoms with Crippen LogP contribution in [0.5, 0.6) is 0 Å². The lowest BCUT2D eigenvalue weighted by atomic mass is 10.2. The molecule has 0 saturated carbocycles. The molecule has 2 aromatic carbocycles. The standard InChI is InChI=1S/C14H14ClFN2O2S/c1-18(12-4-2-3-11(16)7-12)21(19,20)13-6-5-10(9-17)14(15)8-13/h2-8H,9,17H2,1H3. The van der Waals surface area contributed by atoms with E-state index < -0.39 is 15.8 Å². The van der Waals surface area contributed by atoms with Gasteiger partial charge in [0.05, 0.1) is 10.6 Å². The summed E-state index contributed by atoms with van der Waals surface area (Å²) in [6, 6.07) is 9.69. The highest BCUT2D eigenvalue weighted by molar-refractivity contribution is 7.92. The van der Waals surface area contributed by atoms with Crippen molar-refractivity contribution in [3.05, 3.63) is 58.9 Å². The molecule has 4 nitrogen and oxygen atoms in total. The second-order valence-corrected chi connectivity index (χ2v) is 6.79. The Morgan fingerprint density at radius 2 is 1.95 bits per heavy atom. The van der Waals surface area contributed by atoms with Crippen LogP contribution in [0.1, 0.15) is 5.56 Å². The van der Waals surface area contributed by atoms with Gasteiger partial charge in [-0.3, -0.25) is 4.31 Å². The summed E-state index contributed by atoms with van der Waals surface area (Å²) in [5.41, 5.74) is 6.38. The molecule has 0 aliphatic carbocycles. The van der Waals surface area contributed by atoms with Crippen LogP contribution in [0.15, 0.2) is 47.4 Å². The van der Waals surface area contributed by atoms with Gasteiger partial charge in [-0.2, -0.15) is 0 Å². The summed E-state index contributed by atoms with van der Waals surface area (Å²) in [7, 11) is -2.46. The normalized spacial score (nSPS) is 11.4. The third kappa shape index (κ3) is 3.18. The topological polar surface area (TPSA) is 63.4 Å². The molecule has 0 amide bonds. The highest BCUT2D eigenvalue weighted by atomic mass is 35.5. The fraction of sp³-hybridized carbons (Fsp3) is 0.143. The molecule has 7 heteroatoms. The van der Waals surface area contributed by atoms with Gasteiger partial charge in [-0.1, -0.05) is 23.7 Å². The Morgan fingerprint density at radius 3 is 2.52 bits per heavy atom. The van der Waals surface area contributed by atoms with E-state index in [0.717, 1.165) is 10.4 Å². The average Bonchev–Trinajstić information content (AvgIpc) is 2.46. The summed E-state index contributed by atoms with van der Waals surface area (Å²) in [5, 5.41) is 0.284. The number of nitrogens with two attached hydrogens (primary N) is 1. The Hall–Kier alpha value is -1.63. The first kappa shape index (κ1) is 15.8. The Bertz CT molecular complexity index is 765. The molecular weight excluding hydrogens is 315 g/mol. The summed E-state index contributed by atoms with van der Waals surface area (Å²) >= 11 is 5.99. The molecule has 0 bridgehead atoms. The molecular formula is C14H14ClFN2O2S. The van der Waals surface area contributed by atoms with E-state index in [1.165, 1.54) is 37.4 Å². The first-order chi connectivity index (χ1) is 9.86. The monoisotopic (exact) mass is 328 g/mol. The number of rotatable bonds is 4. The van der Waals surface area contributed by atoms with Crippen molar-refractivity contribution in [3.8, 4) is 0 Å². The highest BCUT2D eigenvalue weighted by Crippen LogP contribution is 2.26. The number of halogens is 2. The van der Waals surface area contributed by atoms with E-state index in [1.807, 2.05) is 0 Å². The van der Waals surface area contributed by atoms with Gasteiger partial charge in [-0.25, -0.2) is 12.8 Å². The van der Waals surface area contributed by atoms with Crippen LogP contribution in [-0.4, -0.2) is 15.5 Å². The summed E-state index contributed by atoms with van der Waals surface area (Å²) < 4.78 is 39.2. The van der Waals surface area contributed by atoms with E-state index in [1.54, 1.807) is 6.07 Å². The molecule has 0 aliphatic rings. The van der Waals surface area contributed by atoms with Crippen molar-refractivity contribution in [1.82, 2.24) is 0 Å². The van der Waals surface area contributed by atoms with Crippen LogP contribution >= 0.6 is 11.6 Å². The van der Waals surface area contributed by atoms with Crippen molar-refractivity contribution in [2.24, 2.45) is 5.73 Å². The average molecular weight is 329 g/mol. The highest BCUT2D eigenvalue weighted by Gasteiger charge is 2.22. The lowest BCUT2D eigenvalue weighted by Gasteiger charge is -2.20. The molecule has 0 aromatic heterocycles. The molecule has 2 N–H and O–H groups in total. The summed E-state index contributed by atoms with van der Waals surface area (Å²) in [6.07, 6.45) is 0. The lowest BCUT2D eigenvalue weighted by molar-refractivity contribution is 0.594. The fourth-order valence-corrected chi connectivity index (χ4v) is 3.36. The summed E-state index contributed by atoms with van der Waals surface area (Å²) in [5.74, 6) is -0.508. The second kappa shape index (κ2) is 6.01. The van der Waals surface area contributed by atoms with Crippen molar-refractivity contribution >= 4 is 27.3 Å². The molecule has 0 aliphatic heterocycles. The quantitative estimate of drug-likeness (QED) is 0.938. The third-order valence-corrected chi connectivity index (χ3v) is 5.21. The Labute approximate surface area is 128 Å². The zero-order valence-corrected chi connectivity index (χ0v) is 12.8. The molecule has 0 fully saturated rings. The first-order valence-corrected chi connectivity index (χ1v) is 7.91. The molecule has 0 atom stereocenters. The number of hydrogen-bond acceptors (Lipinski definition) is 3. The van der Waals surface area contributed by atoms with Crippen molar-refractivity contribution in [2.75, 3.05) is 11.4 Å². The van der Waals surface area contributed by atoms with Crippen LogP contribution in [0.2, 0.25) is 5.02 Å². The molecule has 0 unspecified atom stereocenters. The van der Waals surface area contributed by atoms with Gasteiger partial charge in [0.2, 0.25) is 0 Å². The van der Waals surface area contributed by atoms with Crippen LogP contribution in [-0.2, 0) is 16.6 Å². The minimum atomic E-state index is -3.81. The van der Waals surface area contributed by atoms with Crippen molar-refractivity contribution in [3.63, 3.8) is 0 Å². The number of sulfonamides is 1. The Balaban J connectivity index is 2.44. The maximum atomic E-state index is 13.2. The number of hydrogen-bond donors (Lipinski definition) is 1. The van der Waals surface area contributed by atoms with Gasteiger partial charge in [0, 0.05) is 18.6 Å². The van der Waals surface area contributed by atoms with E-state index in [4.69, 9.17) is 17.3 Å². The number of nitrogens with zero attached hydrogens (tertiary/aromatic N) is 1. The maximum Gasteiger partial charge on any atom is 0.264 e. The SMILES string of the molecule is CN(c1cccc(F)c1)S(=O)(=O)c1ccc(CN)c(Cl)c1. The molecule has 2 rings (SSSR count).